The maximum absolute atomic E-state index is 12.2. The lowest BCUT2D eigenvalue weighted by molar-refractivity contribution is 0.103. The second kappa shape index (κ2) is 6.82. The molecule has 1 heterocycles. The number of ether oxygens (including phenoxy) is 1. The van der Waals surface area contributed by atoms with Crippen molar-refractivity contribution in [1.82, 2.24) is 4.90 Å². The minimum Gasteiger partial charge on any atom is -0.445 e. The third-order valence-corrected chi connectivity index (χ3v) is 3.14. The number of likely N-dealkylation sites (tertiary alicyclic amines) is 1. The van der Waals surface area contributed by atoms with E-state index in [1.54, 1.807) is 24.3 Å². The van der Waals surface area contributed by atoms with Crippen LogP contribution in [-0.4, -0.2) is 30.1 Å². The largest absolute Gasteiger partial charge is 0.445 e. The zero-order chi connectivity index (χ0) is 18.7. The molecule has 1 saturated heterocycles. The second-order valence-electron chi connectivity index (χ2n) is 4.47. The van der Waals surface area contributed by atoms with Gasteiger partial charge in [0, 0.05) is 24.9 Å². The van der Waals surface area contributed by atoms with E-state index in [2.05, 4.69) is 10.0 Å². The minimum absolute atomic E-state index is 0.0409. The van der Waals surface area contributed by atoms with E-state index < -0.39 is 31.3 Å². The van der Waals surface area contributed by atoms with Gasteiger partial charge in [-0.25, -0.2) is 4.79 Å². The third kappa shape index (κ3) is 3.42. The maximum atomic E-state index is 12.2. The molecule has 1 aromatic rings. The Morgan fingerprint density at radius 2 is 2.40 bits per heavy atom. The van der Waals surface area contributed by atoms with E-state index >= 15 is 0 Å². The minimum atomic E-state index is -2.90. The van der Waals surface area contributed by atoms with E-state index in [-0.39, 0.29) is 19.7 Å². The van der Waals surface area contributed by atoms with Gasteiger partial charge in [0.15, 0.2) is 0 Å². The topological polar surface area (TPSA) is 78.3 Å². The van der Waals surface area contributed by atoms with Crippen LogP contribution >= 0.6 is 0 Å². The quantitative estimate of drug-likeness (QED) is 0.481. The van der Waals surface area contributed by atoms with Gasteiger partial charge in [0.05, 0.1) is 6.04 Å². The Labute approximate surface area is 125 Å². The summed E-state index contributed by atoms with van der Waals surface area (Å²) in [6.45, 7) is -3.13. The summed E-state index contributed by atoms with van der Waals surface area (Å²) < 4.78 is 43.1. The van der Waals surface area contributed by atoms with Gasteiger partial charge in [0.2, 0.25) is 0 Å². The fourth-order valence-electron chi connectivity index (χ4n) is 2.07. The number of hydrogen-bond acceptors (Lipinski definition) is 3. The highest BCUT2D eigenvalue weighted by Gasteiger charge is 2.34. The molecule has 1 aliphatic rings. The van der Waals surface area contributed by atoms with Gasteiger partial charge in [0.25, 0.3) is 0 Å². The lowest BCUT2D eigenvalue weighted by Crippen LogP contribution is -2.29. The van der Waals surface area contributed by atoms with Gasteiger partial charge >= 0.3 is 6.09 Å². The Balaban J connectivity index is 2.08. The van der Waals surface area contributed by atoms with Crippen LogP contribution in [0.2, 0.25) is 0 Å². The zero-order valence-electron chi connectivity index (χ0n) is 15.8. The molecule has 2 unspecified atom stereocenters. The number of rotatable bonds is 4. The predicted octanol–water partition coefficient (Wildman–Crippen LogP) is 3.34. The first-order chi connectivity index (χ1) is 11.7. The van der Waals surface area contributed by atoms with Crippen LogP contribution in [0.5, 0.6) is 0 Å². The van der Waals surface area contributed by atoms with Crippen LogP contribution in [0.3, 0.4) is 0 Å². The Morgan fingerprint density at radius 3 is 3.10 bits per heavy atom. The summed E-state index contributed by atoms with van der Waals surface area (Å²) in [5.41, 5.74) is 9.44. The molecule has 0 N–H and O–H groups in total. The molecule has 106 valence electrons. The fraction of sp³-hybridized carbons (Fsp3) is 0.500. The van der Waals surface area contributed by atoms with Gasteiger partial charge in [-0.05, 0) is 17.0 Å². The molecule has 1 amide bonds. The molecule has 2 atom stereocenters. The zero-order valence-corrected chi connectivity index (χ0v) is 10.8. The number of carbonyl (C=O) groups is 1. The van der Waals surface area contributed by atoms with Crippen LogP contribution in [0.4, 0.5) is 4.79 Å². The Kier molecular flexibility index (Phi) is 3.02. The Morgan fingerprint density at radius 1 is 1.60 bits per heavy atom. The predicted molar refractivity (Wildman–Crippen MR) is 74.9 cm³/mol. The van der Waals surface area contributed by atoms with Crippen molar-refractivity contribution in [2.24, 2.45) is 11.0 Å². The summed E-state index contributed by atoms with van der Waals surface area (Å²) in [6, 6.07) is 8.05. The normalized spacial score (nSPS) is 26.4. The van der Waals surface area contributed by atoms with Crippen molar-refractivity contribution >= 4 is 6.09 Å². The standard InChI is InChI=1S/C14H18N4O2/c1-2-12-8-18(9-13(12)16-17-15)14(19)20-10-11-6-4-3-5-7-11/h3-7,12-13H,2,8-10H2,1H3/i1D3,2D2. The second-order valence-corrected chi connectivity index (χ2v) is 4.47. The number of nitrogens with zero attached hydrogens (tertiary/aromatic N) is 4. The summed E-state index contributed by atoms with van der Waals surface area (Å²) in [5, 5.41) is 3.48. The molecule has 1 aromatic carbocycles. The monoisotopic (exact) mass is 279 g/mol. The average molecular weight is 279 g/mol. The molecule has 0 saturated carbocycles. The molecular weight excluding hydrogens is 256 g/mol. The number of carbonyl (C=O) groups excluding carboxylic acids is 1. The fourth-order valence-corrected chi connectivity index (χ4v) is 2.07. The Hall–Kier alpha value is -2.20. The molecule has 20 heavy (non-hydrogen) atoms. The van der Waals surface area contributed by atoms with E-state index in [0.29, 0.717) is 0 Å². The molecule has 6 heteroatoms. The Bertz CT molecular complexity index is 661. The lowest BCUT2D eigenvalue weighted by atomic mass is 10.0. The molecule has 0 bridgehead atoms. The van der Waals surface area contributed by atoms with Crippen molar-refractivity contribution in [2.45, 2.75) is 25.9 Å². The third-order valence-electron chi connectivity index (χ3n) is 3.14. The van der Waals surface area contributed by atoms with Gasteiger partial charge in [-0.15, -0.1) is 0 Å². The molecule has 0 aliphatic carbocycles. The molecule has 2 rings (SSSR count). The molecule has 1 aliphatic heterocycles. The van der Waals surface area contributed by atoms with E-state index in [9.17, 15) is 4.79 Å². The number of amides is 1. The molecule has 0 radical (unpaired) electrons. The smallest absolute Gasteiger partial charge is 0.410 e. The van der Waals surface area contributed by atoms with E-state index in [1.165, 1.54) is 4.90 Å². The van der Waals surface area contributed by atoms with Crippen LogP contribution in [0, 0.1) is 5.92 Å². The van der Waals surface area contributed by atoms with Gasteiger partial charge in [-0.1, -0.05) is 48.7 Å². The summed E-state index contributed by atoms with van der Waals surface area (Å²) >= 11 is 0. The van der Waals surface area contributed by atoms with Crippen molar-refractivity contribution in [3.63, 3.8) is 0 Å². The first kappa shape index (κ1) is 8.87. The highest BCUT2D eigenvalue weighted by atomic mass is 16.6. The van der Waals surface area contributed by atoms with E-state index in [4.69, 9.17) is 17.1 Å². The molecule has 0 spiro atoms. The van der Waals surface area contributed by atoms with Crippen LogP contribution in [0.1, 0.15) is 25.6 Å². The van der Waals surface area contributed by atoms with Crippen LogP contribution in [0.25, 0.3) is 10.4 Å². The number of azide groups is 1. The van der Waals surface area contributed by atoms with Crippen LogP contribution in [0.15, 0.2) is 35.4 Å². The number of benzene rings is 1. The van der Waals surface area contributed by atoms with Crippen LogP contribution in [-0.2, 0) is 11.3 Å². The molecule has 0 aromatic heterocycles. The molecular formula is C14H18N4O2. The summed E-state index contributed by atoms with van der Waals surface area (Å²) in [7, 11) is 0. The first-order valence-electron chi connectivity index (χ1n) is 8.66. The summed E-state index contributed by atoms with van der Waals surface area (Å²) in [4.78, 5) is 16.0. The van der Waals surface area contributed by atoms with Crippen molar-refractivity contribution < 1.29 is 16.4 Å². The number of hydrogen-bond donors (Lipinski definition) is 0. The first-order valence-corrected chi connectivity index (χ1v) is 6.16. The van der Waals surface area contributed by atoms with Gasteiger partial charge in [0.1, 0.15) is 6.61 Å². The van der Waals surface area contributed by atoms with Crippen molar-refractivity contribution in [3.8, 4) is 0 Å². The van der Waals surface area contributed by atoms with Crippen LogP contribution < -0.4 is 0 Å². The van der Waals surface area contributed by atoms with Gasteiger partial charge in [-0.2, -0.15) is 0 Å². The summed E-state index contributed by atoms with van der Waals surface area (Å²) in [5.74, 6) is -1.14. The van der Waals surface area contributed by atoms with E-state index in [0.717, 1.165) is 5.56 Å². The van der Waals surface area contributed by atoms with Crippen molar-refractivity contribution in [2.75, 3.05) is 13.1 Å². The SMILES string of the molecule is [2H]C([2H])([2H])C([2H])([2H])C1CN(C(=O)OCc2ccccc2)CC1N=[N+]=[N-]. The summed E-state index contributed by atoms with van der Waals surface area (Å²) in [6.07, 6.45) is -3.30. The van der Waals surface area contributed by atoms with Gasteiger partial charge < -0.3 is 9.64 Å². The average Bonchev–Trinajstić information content (AvgIpc) is 2.97. The molecule has 1 fully saturated rings. The van der Waals surface area contributed by atoms with E-state index in [1.807, 2.05) is 6.07 Å². The maximum Gasteiger partial charge on any atom is 0.410 e. The van der Waals surface area contributed by atoms with Crippen molar-refractivity contribution in [1.29, 1.82) is 0 Å². The van der Waals surface area contributed by atoms with Crippen molar-refractivity contribution in [3.05, 3.63) is 46.3 Å². The highest BCUT2D eigenvalue weighted by Crippen LogP contribution is 2.23. The van der Waals surface area contributed by atoms with Gasteiger partial charge in [-0.3, -0.25) is 0 Å². The highest BCUT2D eigenvalue weighted by molar-refractivity contribution is 5.68. The lowest BCUT2D eigenvalue weighted by Gasteiger charge is -2.16. The molecule has 6 nitrogen and oxygen atoms in total.